The molecule has 0 aromatic carbocycles. The van der Waals surface area contributed by atoms with E-state index >= 15 is 0 Å². The number of aromatic amines is 2. The highest BCUT2D eigenvalue weighted by atomic mass is 31.3. The first-order valence-corrected chi connectivity index (χ1v) is 26.3. The molecule has 37 nitrogen and oxygen atoms in total. The Morgan fingerprint density at radius 3 is 2.16 bits per heavy atom. The minimum Gasteiger partial charge on any atom is -0.387 e. The fourth-order valence-corrected chi connectivity index (χ4v) is 12.8. The van der Waals surface area contributed by atoms with Gasteiger partial charge < -0.3 is 65.5 Å². The average molecular weight is 1070 g/mol. The number of hydrogen-bond donors (Lipinski definition) is 13. The van der Waals surface area contributed by atoms with Crippen molar-refractivity contribution >= 4 is 78.5 Å². The fraction of sp³-hybridized carbons (Fsp3) is 0.538. The molecule has 5 aromatic rings. The molecule has 68 heavy (non-hydrogen) atoms. The van der Waals surface area contributed by atoms with Crippen LogP contribution in [0.5, 0.6) is 0 Å². The lowest BCUT2D eigenvalue weighted by molar-refractivity contribution is -0.746. The van der Waals surface area contributed by atoms with Crippen LogP contribution in [0, 0.1) is 0 Å². The zero-order chi connectivity index (χ0) is 49.9. The smallest absolute Gasteiger partial charge is 0.387 e. The molecule has 0 aliphatic carbocycles. The van der Waals surface area contributed by atoms with Crippen LogP contribution in [0.15, 0.2) is 28.4 Å². The number of anilines is 2. The first-order valence-electron chi connectivity index (χ1n) is 18.7. The van der Waals surface area contributed by atoms with Crippen molar-refractivity contribution in [2.24, 2.45) is 7.05 Å². The number of aliphatic hydroxyl groups excluding tert-OH is 3. The Morgan fingerprint density at radius 2 is 1.49 bits per heavy atom. The van der Waals surface area contributed by atoms with Gasteiger partial charge in [0.15, 0.2) is 29.2 Å². The quantitative estimate of drug-likeness (QED) is 0.0256. The molecule has 7 rings (SSSR count). The Balaban J connectivity index is 0.878. The predicted octanol–water partition coefficient (Wildman–Crippen LogP) is -5.08. The summed E-state index contributed by atoms with van der Waals surface area (Å²) in [7, 11) is -25.3. The summed E-state index contributed by atoms with van der Waals surface area (Å²) in [4.78, 5) is 91.9. The van der Waals surface area contributed by atoms with Crippen molar-refractivity contribution in [1.82, 2.24) is 54.1 Å². The van der Waals surface area contributed by atoms with Gasteiger partial charge in [0.1, 0.15) is 36.6 Å². The molecular formula is C26H40N14O23P5+. The summed E-state index contributed by atoms with van der Waals surface area (Å²) in [5.41, 5.74) is 8.55. The highest BCUT2D eigenvalue weighted by molar-refractivity contribution is 7.71. The maximum absolute atomic E-state index is 12.9. The zero-order valence-corrected chi connectivity index (χ0v) is 38.8. The van der Waals surface area contributed by atoms with Crippen molar-refractivity contribution in [3.63, 3.8) is 0 Å². The molecule has 7 heterocycles. The van der Waals surface area contributed by atoms with Crippen molar-refractivity contribution in [1.29, 1.82) is 0 Å². The molecule has 42 heteroatoms. The Morgan fingerprint density at radius 1 is 0.853 bits per heavy atom. The second kappa shape index (κ2) is 19.3. The lowest BCUT2D eigenvalue weighted by Gasteiger charge is -2.20. The maximum atomic E-state index is 12.9. The molecule has 0 spiro atoms. The minimum atomic E-state index is -6.02. The second-order valence-corrected chi connectivity index (χ2v) is 22.5. The van der Waals surface area contributed by atoms with Crippen molar-refractivity contribution in [3.8, 4) is 0 Å². The van der Waals surface area contributed by atoms with Crippen molar-refractivity contribution in [2.75, 3.05) is 38.3 Å². The number of aliphatic hydroxyl groups is 3. The Bertz CT molecular complexity index is 3070. The van der Waals surface area contributed by atoms with Gasteiger partial charge in [-0.3, -0.25) is 47.0 Å². The third kappa shape index (κ3) is 11.2. The SMILES string of the molecule is COC1[C@@H](O)[C@@H](COP(=O)(O)OP(=O)(O)OP(=O)(O)c2cn(CCNP(=O)(O)OP(=O)(O)OC[C@H]3O[C@@H](n4cnc5c(=O)[nH]c(N)nc54)[C@@H](O)C3O)nn2)O[C@H]1[n+]1cn(C)c2c(=O)[nH]c(N)nc21. The van der Waals surface area contributed by atoms with Crippen LogP contribution >= 0.6 is 38.8 Å². The largest absolute Gasteiger partial charge is 0.488 e. The number of aromatic nitrogens is 11. The zero-order valence-electron chi connectivity index (χ0n) is 34.3. The molecule has 2 saturated heterocycles. The van der Waals surface area contributed by atoms with Gasteiger partial charge in [0, 0.05) is 13.7 Å². The first-order chi connectivity index (χ1) is 31.6. The number of imidazole rings is 2. The fourth-order valence-electron chi connectivity index (χ4n) is 6.73. The van der Waals surface area contributed by atoms with Crippen LogP contribution in [0.4, 0.5) is 11.9 Å². The number of nitrogens with one attached hydrogen (secondary N) is 3. The molecule has 0 bridgehead atoms. The number of rotatable bonds is 20. The van der Waals surface area contributed by atoms with Crippen LogP contribution in [0.1, 0.15) is 12.5 Å². The summed E-state index contributed by atoms with van der Waals surface area (Å²) >= 11 is 0. The molecule has 0 amide bonds. The molecule has 2 fully saturated rings. The van der Waals surface area contributed by atoms with E-state index in [0.717, 1.165) is 10.9 Å². The van der Waals surface area contributed by atoms with E-state index in [1.807, 2.05) is 5.09 Å². The molecule has 7 unspecified atom stereocenters. The summed E-state index contributed by atoms with van der Waals surface area (Å²) in [6, 6.07) is 0. The number of aryl methyl sites for hydroxylation is 1. The van der Waals surface area contributed by atoms with Gasteiger partial charge in [-0.15, -0.1) is 5.10 Å². The van der Waals surface area contributed by atoms with Gasteiger partial charge in [0.2, 0.25) is 17.7 Å². The lowest BCUT2D eigenvalue weighted by Crippen LogP contribution is -2.47. The van der Waals surface area contributed by atoms with Crippen LogP contribution in [-0.2, 0) is 72.6 Å². The van der Waals surface area contributed by atoms with Crippen LogP contribution < -0.4 is 37.7 Å². The van der Waals surface area contributed by atoms with E-state index in [1.54, 1.807) is 0 Å². The van der Waals surface area contributed by atoms with Crippen molar-refractivity contribution in [3.05, 3.63) is 39.6 Å². The standard InChI is InChI=1S/C26H39N14O23P5/c1-37-9-40(20-14(37)22(45)34-26(28)32-20)24-18(56-2)16(42)11(60-24)7-58-67(52,53)63-68(54,55)61-64(46,47)12-5-38(36-35-12)4-3-30-65(48,49)62-66(50,51)57-6-10-15(41)17(43)23(59-10)39-8-29-13-19(39)31-25(27)33-21(13)44/h5,8-11,15-18,23-24,41-43H,3-4,6-7H2,1-2H3,(H11-,27,28,30,31,32,33,34,44,45,46,47,48,49,50,51,52,53,54,55)/p+1/t10-,11-,15?,16+,17+,18?,23-,24-/m1/s1. The summed E-state index contributed by atoms with van der Waals surface area (Å²) in [6.07, 6.45) is -9.13. The van der Waals surface area contributed by atoms with E-state index in [1.165, 1.54) is 29.6 Å². The first kappa shape index (κ1) is 51.8. The molecule has 0 radical (unpaired) electrons. The van der Waals surface area contributed by atoms with Crippen molar-refractivity contribution < 1.29 is 103 Å². The molecule has 13 atom stereocenters. The van der Waals surface area contributed by atoms with Crippen molar-refractivity contribution in [2.45, 2.75) is 55.6 Å². The number of phosphoric ester groups is 2. The summed E-state index contributed by atoms with van der Waals surface area (Å²) < 4.78 is 106. The van der Waals surface area contributed by atoms with Gasteiger partial charge in [0.25, 0.3) is 17.1 Å². The van der Waals surface area contributed by atoms with Crippen LogP contribution in [0.3, 0.4) is 0 Å². The molecule has 376 valence electrons. The summed E-state index contributed by atoms with van der Waals surface area (Å²) in [6.45, 7) is -3.25. The highest BCUT2D eigenvalue weighted by Crippen LogP contribution is 2.67. The predicted molar refractivity (Wildman–Crippen MR) is 217 cm³/mol. The number of ether oxygens (including phenoxy) is 3. The third-order valence-electron chi connectivity index (χ3n) is 9.62. The molecule has 15 N–H and O–H groups in total. The molecular weight excluding hydrogens is 1030 g/mol. The van der Waals surface area contributed by atoms with Gasteiger partial charge in [0.05, 0.1) is 39.3 Å². The normalized spacial score (nSPS) is 27.7. The summed E-state index contributed by atoms with van der Waals surface area (Å²) in [5, 5.41) is 40.5. The number of nitrogen functional groups attached to an aromatic ring is 2. The monoisotopic (exact) mass is 1070 g/mol. The topological polar surface area (TPSA) is 534 Å². The van der Waals surface area contributed by atoms with Crippen LogP contribution in [0.2, 0.25) is 0 Å². The van der Waals surface area contributed by atoms with E-state index < -0.39 is 131 Å². The molecule has 2 aliphatic rings. The Kier molecular flexibility index (Phi) is 14.7. The number of phosphoric acid groups is 3. The molecule has 2 aliphatic heterocycles. The van der Waals surface area contributed by atoms with Gasteiger partial charge >= 0.3 is 44.5 Å². The van der Waals surface area contributed by atoms with E-state index in [4.69, 9.17) is 34.7 Å². The number of hydrogen-bond acceptors (Lipinski definition) is 25. The van der Waals surface area contributed by atoms with E-state index in [9.17, 15) is 72.2 Å². The Hall–Kier alpha value is -4.09. The van der Waals surface area contributed by atoms with Crippen LogP contribution in [-0.4, -0.2) is 152 Å². The van der Waals surface area contributed by atoms with E-state index in [0.29, 0.717) is 10.9 Å². The second-order valence-electron chi connectivity index (χ2n) is 14.4. The van der Waals surface area contributed by atoms with E-state index in [2.05, 4.69) is 48.2 Å². The number of methoxy groups -OCH3 is 1. The number of H-pyrrole nitrogens is 2. The third-order valence-corrected chi connectivity index (χ3v) is 17.0. The van der Waals surface area contributed by atoms with E-state index in [-0.39, 0.29) is 34.2 Å². The molecule has 5 aromatic heterocycles. The van der Waals surface area contributed by atoms with Gasteiger partial charge in [-0.1, -0.05) is 10.2 Å². The minimum absolute atomic E-state index is 0.000678. The number of nitrogens with zero attached hydrogens (tertiary/aromatic N) is 9. The number of fused-ring (bicyclic) bond motifs is 2. The number of nitrogens with two attached hydrogens (primary N) is 2. The lowest BCUT2D eigenvalue weighted by atomic mass is 10.1. The highest BCUT2D eigenvalue weighted by Gasteiger charge is 2.51. The average Bonchev–Trinajstić information content (AvgIpc) is 4.03. The molecule has 0 saturated carbocycles. The van der Waals surface area contributed by atoms with Gasteiger partial charge in [-0.25, -0.2) is 37.2 Å². The van der Waals surface area contributed by atoms with Gasteiger partial charge in [-0.05, 0) is 0 Å². The summed E-state index contributed by atoms with van der Waals surface area (Å²) in [5.74, 6) is -0.564. The van der Waals surface area contributed by atoms with Gasteiger partial charge in [-0.2, -0.15) is 13.6 Å². The Labute approximate surface area is 376 Å². The maximum Gasteiger partial charge on any atom is 0.488 e. The van der Waals surface area contributed by atoms with Crippen LogP contribution in [0.25, 0.3) is 22.3 Å².